The standard InChI is InChI=1S/C16H20N2O3/c1-4-14(19)18-11-10-16(18,3)15(20)17-12-8-6-7-9-13(12)21-5-2/h4,6-9H,1,5,10-11H2,2-3H3,(H,17,20). The van der Waals surface area contributed by atoms with Crippen molar-refractivity contribution >= 4 is 17.5 Å². The van der Waals surface area contributed by atoms with E-state index in [-0.39, 0.29) is 11.8 Å². The minimum atomic E-state index is -0.829. The molecule has 1 aromatic rings. The highest BCUT2D eigenvalue weighted by Gasteiger charge is 2.48. The smallest absolute Gasteiger partial charge is 0.250 e. The molecule has 0 spiro atoms. The van der Waals surface area contributed by atoms with E-state index in [9.17, 15) is 9.59 Å². The summed E-state index contributed by atoms with van der Waals surface area (Å²) in [6.07, 6.45) is 1.87. The van der Waals surface area contributed by atoms with E-state index in [4.69, 9.17) is 4.74 Å². The summed E-state index contributed by atoms with van der Waals surface area (Å²) >= 11 is 0. The molecule has 1 saturated heterocycles. The lowest BCUT2D eigenvalue weighted by Crippen LogP contribution is -2.65. The number of rotatable bonds is 5. The lowest BCUT2D eigenvalue weighted by molar-refractivity contribution is -0.150. The lowest BCUT2D eigenvalue weighted by Gasteiger charge is -2.48. The van der Waals surface area contributed by atoms with Gasteiger partial charge in [-0.1, -0.05) is 18.7 Å². The molecule has 0 aliphatic carbocycles. The van der Waals surface area contributed by atoms with Gasteiger partial charge in [0.05, 0.1) is 12.3 Å². The number of carbonyl (C=O) groups excluding carboxylic acids is 2. The van der Waals surface area contributed by atoms with E-state index in [1.807, 2.05) is 19.1 Å². The number of benzene rings is 1. The third-order valence-corrected chi connectivity index (χ3v) is 3.78. The Hall–Kier alpha value is -2.30. The average molecular weight is 288 g/mol. The Labute approximate surface area is 124 Å². The topological polar surface area (TPSA) is 58.6 Å². The summed E-state index contributed by atoms with van der Waals surface area (Å²) in [5.74, 6) is 0.186. The number of likely N-dealkylation sites (tertiary alicyclic amines) is 1. The molecule has 2 rings (SSSR count). The van der Waals surface area contributed by atoms with Crippen LogP contribution >= 0.6 is 0 Å². The van der Waals surface area contributed by atoms with Gasteiger partial charge in [0.2, 0.25) is 11.8 Å². The number of carbonyl (C=O) groups is 2. The van der Waals surface area contributed by atoms with Gasteiger partial charge in [-0.2, -0.15) is 0 Å². The van der Waals surface area contributed by atoms with Crippen molar-refractivity contribution in [3.05, 3.63) is 36.9 Å². The molecule has 0 radical (unpaired) electrons. The first-order valence-electron chi connectivity index (χ1n) is 7.00. The number of hydrogen-bond donors (Lipinski definition) is 1. The van der Waals surface area contributed by atoms with Crippen LogP contribution in [0.4, 0.5) is 5.69 Å². The Morgan fingerprint density at radius 2 is 2.19 bits per heavy atom. The molecule has 112 valence electrons. The predicted octanol–water partition coefficient (Wildman–Crippen LogP) is 2.20. The van der Waals surface area contributed by atoms with Crippen LogP contribution < -0.4 is 10.1 Å². The fourth-order valence-electron chi connectivity index (χ4n) is 2.37. The monoisotopic (exact) mass is 288 g/mol. The van der Waals surface area contributed by atoms with Crippen LogP contribution in [0.15, 0.2) is 36.9 Å². The van der Waals surface area contributed by atoms with Gasteiger partial charge in [0, 0.05) is 6.54 Å². The van der Waals surface area contributed by atoms with Crippen LogP contribution in [-0.2, 0) is 9.59 Å². The van der Waals surface area contributed by atoms with Gasteiger partial charge in [0.15, 0.2) is 0 Å². The fourth-order valence-corrected chi connectivity index (χ4v) is 2.37. The van der Waals surface area contributed by atoms with Gasteiger partial charge in [-0.05, 0) is 38.5 Å². The number of amides is 2. The Morgan fingerprint density at radius 3 is 2.76 bits per heavy atom. The highest BCUT2D eigenvalue weighted by atomic mass is 16.5. The second-order valence-corrected chi connectivity index (χ2v) is 5.10. The van der Waals surface area contributed by atoms with Crippen molar-refractivity contribution in [3.63, 3.8) is 0 Å². The number of hydrogen-bond acceptors (Lipinski definition) is 3. The maximum absolute atomic E-state index is 12.5. The van der Waals surface area contributed by atoms with Gasteiger partial charge in [-0.25, -0.2) is 0 Å². The Balaban J connectivity index is 2.15. The van der Waals surface area contributed by atoms with Crippen molar-refractivity contribution in [2.24, 2.45) is 0 Å². The largest absolute Gasteiger partial charge is 0.492 e. The molecule has 1 fully saturated rings. The van der Waals surface area contributed by atoms with Crippen molar-refractivity contribution in [2.45, 2.75) is 25.8 Å². The van der Waals surface area contributed by atoms with E-state index in [0.717, 1.165) is 0 Å². The van der Waals surface area contributed by atoms with Crippen LogP contribution in [0.25, 0.3) is 0 Å². The maximum atomic E-state index is 12.5. The van der Waals surface area contributed by atoms with E-state index >= 15 is 0 Å². The SMILES string of the molecule is C=CC(=O)N1CCC1(C)C(=O)Nc1ccccc1OCC. The van der Waals surface area contributed by atoms with E-state index < -0.39 is 5.54 Å². The third kappa shape index (κ3) is 2.77. The van der Waals surface area contributed by atoms with Crippen LogP contribution in [0.1, 0.15) is 20.3 Å². The molecular formula is C16H20N2O3. The normalized spacial score (nSPS) is 20.4. The van der Waals surface area contributed by atoms with Crippen molar-refractivity contribution in [3.8, 4) is 5.75 Å². The second-order valence-electron chi connectivity index (χ2n) is 5.10. The summed E-state index contributed by atoms with van der Waals surface area (Å²) in [4.78, 5) is 25.8. The highest BCUT2D eigenvalue weighted by Crippen LogP contribution is 2.33. The van der Waals surface area contributed by atoms with Crippen molar-refractivity contribution < 1.29 is 14.3 Å². The zero-order valence-corrected chi connectivity index (χ0v) is 12.4. The Bertz CT molecular complexity index is 570. The van der Waals surface area contributed by atoms with Crippen LogP contribution in [0, 0.1) is 0 Å². The van der Waals surface area contributed by atoms with Gasteiger partial charge >= 0.3 is 0 Å². The Morgan fingerprint density at radius 1 is 1.48 bits per heavy atom. The van der Waals surface area contributed by atoms with Gasteiger partial charge < -0.3 is 15.0 Å². The van der Waals surface area contributed by atoms with Crippen molar-refractivity contribution in [2.75, 3.05) is 18.5 Å². The first-order chi connectivity index (χ1) is 10.0. The molecule has 1 N–H and O–H groups in total. The molecule has 1 aromatic carbocycles. The Kier molecular flexibility index (Phi) is 4.31. The third-order valence-electron chi connectivity index (χ3n) is 3.78. The van der Waals surface area contributed by atoms with Gasteiger partial charge in [-0.15, -0.1) is 0 Å². The number of para-hydroxylation sites is 2. The van der Waals surface area contributed by atoms with Crippen molar-refractivity contribution in [1.29, 1.82) is 0 Å². The van der Waals surface area contributed by atoms with Crippen LogP contribution in [0.5, 0.6) is 5.75 Å². The van der Waals surface area contributed by atoms with E-state index in [2.05, 4.69) is 11.9 Å². The van der Waals surface area contributed by atoms with Gasteiger partial charge in [0.25, 0.3) is 0 Å². The van der Waals surface area contributed by atoms with Crippen LogP contribution in [-0.4, -0.2) is 35.4 Å². The first kappa shape index (κ1) is 15.1. The molecule has 1 atom stereocenters. The number of nitrogens with zero attached hydrogens (tertiary/aromatic N) is 1. The lowest BCUT2D eigenvalue weighted by atomic mass is 9.85. The molecule has 1 aliphatic heterocycles. The number of anilines is 1. The molecule has 0 saturated carbocycles. The highest BCUT2D eigenvalue weighted by molar-refractivity contribution is 6.03. The molecule has 1 heterocycles. The molecule has 2 amide bonds. The molecule has 1 unspecified atom stereocenters. The summed E-state index contributed by atoms with van der Waals surface area (Å²) in [5.41, 5.74) is -0.214. The molecule has 1 aliphatic rings. The number of ether oxygens (including phenoxy) is 1. The molecule has 5 nitrogen and oxygen atoms in total. The number of nitrogens with one attached hydrogen (secondary N) is 1. The zero-order valence-electron chi connectivity index (χ0n) is 12.4. The van der Waals surface area contributed by atoms with Crippen LogP contribution in [0.3, 0.4) is 0 Å². The molecule has 21 heavy (non-hydrogen) atoms. The molecular weight excluding hydrogens is 268 g/mol. The first-order valence-corrected chi connectivity index (χ1v) is 7.00. The van der Waals surface area contributed by atoms with E-state index in [1.165, 1.54) is 11.0 Å². The average Bonchev–Trinajstić information content (AvgIpc) is 2.47. The molecule has 0 bridgehead atoms. The fraction of sp³-hybridized carbons (Fsp3) is 0.375. The quantitative estimate of drug-likeness (QED) is 0.845. The minimum Gasteiger partial charge on any atom is -0.492 e. The van der Waals surface area contributed by atoms with Crippen LogP contribution in [0.2, 0.25) is 0 Å². The summed E-state index contributed by atoms with van der Waals surface area (Å²) in [5, 5.41) is 2.85. The summed E-state index contributed by atoms with van der Waals surface area (Å²) in [7, 11) is 0. The minimum absolute atomic E-state index is 0.212. The molecule has 5 heteroatoms. The van der Waals surface area contributed by atoms with Gasteiger partial charge in [0.1, 0.15) is 11.3 Å². The summed E-state index contributed by atoms with van der Waals surface area (Å²) in [6.45, 7) is 8.20. The van der Waals surface area contributed by atoms with E-state index in [0.29, 0.717) is 31.0 Å². The molecule has 0 aromatic heterocycles. The zero-order chi connectivity index (χ0) is 15.5. The maximum Gasteiger partial charge on any atom is 0.250 e. The van der Waals surface area contributed by atoms with Crippen molar-refractivity contribution in [1.82, 2.24) is 4.90 Å². The van der Waals surface area contributed by atoms with E-state index in [1.54, 1.807) is 19.1 Å². The second kappa shape index (κ2) is 5.99. The summed E-state index contributed by atoms with van der Waals surface area (Å²) < 4.78 is 5.49. The van der Waals surface area contributed by atoms with Gasteiger partial charge in [-0.3, -0.25) is 9.59 Å². The summed E-state index contributed by atoms with van der Waals surface area (Å²) in [6, 6.07) is 7.26. The predicted molar refractivity (Wildman–Crippen MR) is 81.2 cm³/mol.